The summed E-state index contributed by atoms with van der Waals surface area (Å²) in [5.74, 6) is 0.234. The molecule has 0 saturated heterocycles. The van der Waals surface area contributed by atoms with Gasteiger partial charge >= 0.3 is 0 Å². The first-order chi connectivity index (χ1) is 10.0. The molecule has 1 heterocycles. The minimum Gasteiger partial charge on any atom is -0.355 e. The zero-order valence-electron chi connectivity index (χ0n) is 12.4. The van der Waals surface area contributed by atoms with Crippen LogP contribution >= 0.6 is 0 Å². The molecule has 1 aromatic carbocycles. The number of amides is 2. The first-order valence-electron chi connectivity index (χ1n) is 6.73. The van der Waals surface area contributed by atoms with E-state index in [4.69, 9.17) is 0 Å². The van der Waals surface area contributed by atoms with Crippen molar-refractivity contribution in [1.29, 1.82) is 0 Å². The van der Waals surface area contributed by atoms with Crippen molar-refractivity contribution in [3.05, 3.63) is 23.8 Å². The van der Waals surface area contributed by atoms with Crippen LogP contribution in [0, 0.1) is 0 Å². The molecule has 0 bridgehead atoms. The van der Waals surface area contributed by atoms with Gasteiger partial charge < -0.3 is 20.5 Å². The fourth-order valence-corrected chi connectivity index (χ4v) is 1.87. The van der Waals surface area contributed by atoms with Crippen molar-refractivity contribution >= 4 is 28.8 Å². The number of rotatable bonds is 5. The van der Waals surface area contributed by atoms with Gasteiger partial charge in [-0.1, -0.05) is 0 Å². The van der Waals surface area contributed by atoms with Crippen LogP contribution in [0.3, 0.4) is 0 Å². The lowest BCUT2D eigenvalue weighted by Gasteiger charge is -2.05. The van der Waals surface area contributed by atoms with E-state index in [1.807, 2.05) is 25.9 Å². The Kier molecular flexibility index (Phi) is 4.42. The minimum absolute atomic E-state index is 0.0311. The number of carbonyl (C=O) groups excluding carboxylic acids is 2. The van der Waals surface area contributed by atoms with Gasteiger partial charge in [-0.3, -0.25) is 9.59 Å². The molecule has 0 fully saturated rings. The van der Waals surface area contributed by atoms with E-state index >= 15 is 0 Å². The second-order valence-corrected chi connectivity index (χ2v) is 4.82. The normalized spacial score (nSPS) is 10.4. The van der Waals surface area contributed by atoms with E-state index in [2.05, 4.69) is 20.6 Å². The van der Waals surface area contributed by atoms with Crippen LogP contribution < -0.4 is 15.5 Å². The number of nitrogens with zero attached hydrogens (tertiary/aromatic N) is 2. The molecule has 0 atom stereocenters. The van der Waals surface area contributed by atoms with Crippen molar-refractivity contribution in [2.24, 2.45) is 0 Å². The van der Waals surface area contributed by atoms with Crippen molar-refractivity contribution < 1.29 is 9.59 Å². The highest BCUT2D eigenvalue weighted by Gasteiger charge is 2.10. The maximum absolute atomic E-state index is 12.0. The van der Waals surface area contributed by atoms with Gasteiger partial charge in [-0.05, 0) is 25.1 Å². The van der Waals surface area contributed by atoms with Crippen LogP contribution in [0.1, 0.15) is 17.3 Å². The number of aromatic amines is 1. The molecule has 2 aromatic rings. The number of benzene rings is 1. The maximum atomic E-state index is 12.0. The topological polar surface area (TPSA) is 90.1 Å². The Labute approximate surface area is 122 Å². The lowest BCUT2D eigenvalue weighted by molar-refractivity contribution is -0.120. The number of nitrogens with one attached hydrogen (secondary N) is 3. The Morgan fingerprint density at radius 3 is 2.71 bits per heavy atom. The number of fused-ring (bicyclic) bond motifs is 1. The summed E-state index contributed by atoms with van der Waals surface area (Å²) >= 11 is 0. The van der Waals surface area contributed by atoms with Gasteiger partial charge in [-0.15, -0.1) is 0 Å². The quantitative estimate of drug-likeness (QED) is 0.747. The highest BCUT2D eigenvalue weighted by Crippen LogP contribution is 2.17. The summed E-state index contributed by atoms with van der Waals surface area (Å²) in [4.78, 5) is 32.7. The molecule has 0 saturated carbocycles. The summed E-state index contributed by atoms with van der Waals surface area (Å²) in [7, 11) is 3.77. The SMILES string of the molecule is CCNC(=O)CNC(=O)c1ccc2nc(N(C)C)[nH]c2c1. The average Bonchev–Trinajstić information content (AvgIpc) is 2.88. The van der Waals surface area contributed by atoms with Crippen LogP contribution in [-0.2, 0) is 4.79 Å². The molecule has 112 valence electrons. The average molecular weight is 289 g/mol. The Hall–Kier alpha value is -2.57. The monoisotopic (exact) mass is 289 g/mol. The number of carbonyl (C=O) groups is 2. The first-order valence-corrected chi connectivity index (χ1v) is 6.73. The number of H-pyrrole nitrogens is 1. The third-order valence-corrected chi connectivity index (χ3v) is 2.94. The predicted octanol–water partition coefficient (Wildman–Crippen LogP) is 0.495. The molecule has 0 aliphatic rings. The fraction of sp³-hybridized carbons (Fsp3) is 0.357. The molecule has 0 radical (unpaired) electrons. The summed E-state index contributed by atoms with van der Waals surface area (Å²) in [5, 5.41) is 5.20. The Morgan fingerprint density at radius 2 is 2.05 bits per heavy atom. The van der Waals surface area contributed by atoms with E-state index in [1.54, 1.807) is 18.2 Å². The van der Waals surface area contributed by atoms with Crippen LogP contribution in [0.2, 0.25) is 0 Å². The molecule has 0 spiro atoms. The summed E-state index contributed by atoms with van der Waals surface area (Å²) in [6.07, 6.45) is 0. The molecule has 7 nitrogen and oxygen atoms in total. The van der Waals surface area contributed by atoms with Gasteiger partial charge in [0, 0.05) is 26.2 Å². The molecular weight excluding hydrogens is 270 g/mol. The second kappa shape index (κ2) is 6.25. The third kappa shape index (κ3) is 3.50. The lowest BCUT2D eigenvalue weighted by atomic mass is 10.2. The Balaban J connectivity index is 2.11. The van der Waals surface area contributed by atoms with Crippen LogP contribution in [-0.4, -0.2) is 49.0 Å². The van der Waals surface area contributed by atoms with Crippen molar-refractivity contribution in [2.45, 2.75) is 6.92 Å². The van der Waals surface area contributed by atoms with E-state index in [9.17, 15) is 9.59 Å². The lowest BCUT2D eigenvalue weighted by Crippen LogP contribution is -2.36. The summed E-state index contributed by atoms with van der Waals surface area (Å²) in [6.45, 7) is 2.34. The van der Waals surface area contributed by atoms with E-state index in [1.165, 1.54) is 0 Å². The molecule has 0 aliphatic carbocycles. The number of imidazole rings is 1. The van der Waals surface area contributed by atoms with E-state index in [0.717, 1.165) is 17.0 Å². The fourth-order valence-electron chi connectivity index (χ4n) is 1.87. The smallest absolute Gasteiger partial charge is 0.251 e. The van der Waals surface area contributed by atoms with E-state index in [0.29, 0.717) is 12.1 Å². The molecule has 0 aliphatic heterocycles. The van der Waals surface area contributed by atoms with Gasteiger partial charge in [0.1, 0.15) is 0 Å². The second-order valence-electron chi connectivity index (χ2n) is 4.82. The van der Waals surface area contributed by atoms with E-state index < -0.39 is 0 Å². The molecule has 0 unspecified atom stereocenters. The van der Waals surface area contributed by atoms with Gasteiger partial charge in [0.2, 0.25) is 11.9 Å². The molecule has 21 heavy (non-hydrogen) atoms. The maximum Gasteiger partial charge on any atom is 0.251 e. The van der Waals surface area contributed by atoms with Crippen LogP contribution in [0.25, 0.3) is 11.0 Å². The molecule has 1 aromatic heterocycles. The molecule has 2 amide bonds. The van der Waals surface area contributed by atoms with E-state index in [-0.39, 0.29) is 18.4 Å². The van der Waals surface area contributed by atoms with Gasteiger partial charge in [0.05, 0.1) is 17.6 Å². The Morgan fingerprint density at radius 1 is 1.29 bits per heavy atom. The zero-order chi connectivity index (χ0) is 15.4. The van der Waals surface area contributed by atoms with Gasteiger partial charge in [0.15, 0.2) is 0 Å². The van der Waals surface area contributed by atoms with Crippen molar-refractivity contribution in [1.82, 2.24) is 20.6 Å². The highest BCUT2D eigenvalue weighted by atomic mass is 16.2. The Bertz CT molecular complexity index is 662. The minimum atomic E-state index is -0.288. The summed E-state index contributed by atoms with van der Waals surface area (Å²) < 4.78 is 0. The first kappa shape index (κ1) is 14.8. The van der Waals surface area contributed by atoms with Crippen LogP contribution in [0.4, 0.5) is 5.95 Å². The number of aromatic nitrogens is 2. The number of anilines is 1. The van der Waals surface area contributed by atoms with Crippen molar-refractivity contribution in [2.75, 3.05) is 32.1 Å². The van der Waals surface area contributed by atoms with Crippen LogP contribution in [0.5, 0.6) is 0 Å². The molecule has 2 rings (SSSR count). The van der Waals surface area contributed by atoms with Gasteiger partial charge in [0.25, 0.3) is 5.91 Å². The standard InChI is InChI=1S/C14H19N5O2/c1-4-15-12(20)8-16-13(21)9-5-6-10-11(7-9)18-14(17-10)19(2)3/h5-7H,4,8H2,1-3H3,(H,15,20)(H,16,21)(H,17,18). The third-order valence-electron chi connectivity index (χ3n) is 2.94. The van der Waals surface area contributed by atoms with Gasteiger partial charge in [-0.2, -0.15) is 0 Å². The highest BCUT2D eigenvalue weighted by molar-refractivity contribution is 5.99. The number of hydrogen-bond donors (Lipinski definition) is 3. The predicted molar refractivity (Wildman–Crippen MR) is 81.4 cm³/mol. The molecular formula is C14H19N5O2. The summed E-state index contributed by atoms with van der Waals surface area (Å²) in [5.41, 5.74) is 2.06. The summed E-state index contributed by atoms with van der Waals surface area (Å²) in [6, 6.07) is 5.19. The number of hydrogen-bond acceptors (Lipinski definition) is 4. The number of likely N-dealkylation sites (N-methyl/N-ethyl adjacent to an activating group) is 1. The zero-order valence-corrected chi connectivity index (χ0v) is 12.4. The van der Waals surface area contributed by atoms with Crippen molar-refractivity contribution in [3.63, 3.8) is 0 Å². The van der Waals surface area contributed by atoms with Gasteiger partial charge in [-0.25, -0.2) is 4.98 Å². The molecule has 3 N–H and O–H groups in total. The largest absolute Gasteiger partial charge is 0.355 e. The molecule has 7 heteroatoms. The van der Waals surface area contributed by atoms with Crippen molar-refractivity contribution in [3.8, 4) is 0 Å². The van der Waals surface area contributed by atoms with Crippen LogP contribution in [0.15, 0.2) is 18.2 Å².